The lowest BCUT2D eigenvalue weighted by molar-refractivity contribution is -0.123. The van der Waals surface area contributed by atoms with Crippen molar-refractivity contribution in [1.82, 2.24) is 20.6 Å². The maximum absolute atomic E-state index is 12.6. The zero-order valence-corrected chi connectivity index (χ0v) is 14.6. The summed E-state index contributed by atoms with van der Waals surface area (Å²) in [5, 5.41) is 9.55. The maximum Gasteiger partial charge on any atom is 0.224 e. The fraction of sp³-hybridized carbons (Fsp3) is 0.500. The number of piperidine rings is 1. The Hall–Kier alpha value is -1.79. The standard InChI is InChI=1S/C18H22N4OS/c1-12(17-22-15(11-24-17)13-2-6-19-7-3-13)21-16(23)14-10-18(14)4-8-20-9-5-18/h2-3,6-7,11-12,14,20H,4-5,8-10H2,1H3,(H,21,23). The van der Waals surface area contributed by atoms with Crippen LogP contribution in [0.25, 0.3) is 11.3 Å². The van der Waals surface area contributed by atoms with Gasteiger partial charge in [-0.15, -0.1) is 11.3 Å². The largest absolute Gasteiger partial charge is 0.347 e. The van der Waals surface area contributed by atoms with Gasteiger partial charge < -0.3 is 10.6 Å². The van der Waals surface area contributed by atoms with Gasteiger partial charge in [-0.05, 0) is 56.8 Å². The van der Waals surface area contributed by atoms with Crippen LogP contribution >= 0.6 is 11.3 Å². The fourth-order valence-corrected chi connectivity index (χ4v) is 4.55. The molecule has 6 heteroatoms. The van der Waals surface area contributed by atoms with Crippen LogP contribution in [0.1, 0.15) is 37.2 Å². The zero-order valence-electron chi connectivity index (χ0n) is 13.8. The number of carbonyl (C=O) groups is 1. The van der Waals surface area contributed by atoms with Crippen molar-refractivity contribution in [3.05, 3.63) is 34.9 Å². The molecule has 0 aromatic carbocycles. The van der Waals surface area contributed by atoms with Gasteiger partial charge in [0.15, 0.2) is 0 Å². The van der Waals surface area contributed by atoms with Gasteiger partial charge in [0.1, 0.15) is 5.01 Å². The molecule has 4 rings (SSSR count). The van der Waals surface area contributed by atoms with Gasteiger partial charge in [-0.25, -0.2) is 4.98 Å². The third-order valence-corrected chi connectivity index (χ3v) is 6.36. The summed E-state index contributed by atoms with van der Waals surface area (Å²) < 4.78 is 0. The summed E-state index contributed by atoms with van der Waals surface area (Å²) >= 11 is 1.60. The number of pyridine rings is 1. The van der Waals surface area contributed by atoms with Crippen LogP contribution in [0.15, 0.2) is 29.9 Å². The van der Waals surface area contributed by atoms with Crippen LogP contribution in [-0.4, -0.2) is 29.0 Å². The fourth-order valence-electron chi connectivity index (χ4n) is 3.71. The number of aromatic nitrogens is 2. The summed E-state index contributed by atoms with van der Waals surface area (Å²) in [6.45, 7) is 4.10. The van der Waals surface area contributed by atoms with E-state index in [9.17, 15) is 4.79 Å². The molecule has 0 radical (unpaired) electrons. The summed E-state index contributed by atoms with van der Waals surface area (Å²) in [4.78, 5) is 21.3. The number of nitrogens with zero attached hydrogens (tertiary/aromatic N) is 2. The maximum atomic E-state index is 12.6. The molecule has 1 saturated heterocycles. The van der Waals surface area contributed by atoms with Gasteiger partial charge in [-0.1, -0.05) is 0 Å². The van der Waals surface area contributed by atoms with Crippen LogP contribution < -0.4 is 10.6 Å². The monoisotopic (exact) mass is 342 g/mol. The normalized spacial score (nSPS) is 23.0. The van der Waals surface area contributed by atoms with Gasteiger partial charge in [-0.3, -0.25) is 9.78 Å². The number of carbonyl (C=O) groups excluding carboxylic acids is 1. The summed E-state index contributed by atoms with van der Waals surface area (Å²) in [7, 11) is 0. The molecule has 2 unspecified atom stereocenters. The molecule has 1 aliphatic carbocycles. The number of thiazole rings is 1. The van der Waals surface area contributed by atoms with Crippen molar-refractivity contribution >= 4 is 17.2 Å². The molecule has 0 bridgehead atoms. The van der Waals surface area contributed by atoms with Gasteiger partial charge in [0, 0.05) is 29.3 Å². The molecule has 126 valence electrons. The Morgan fingerprint density at radius 2 is 2.12 bits per heavy atom. The SMILES string of the molecule is CC(NC(=O)C1CC12CCNCC2)c1nc(-c2ccncc2)cs1. The highest BCUT2D eigenvalue weighted by Crippen LogP contribution is 2.58. The van der Waals surface area contributed by atoms with E-state index < -0.39 is 0 Å². The van der Waals surface area contributed by atoms with Gasteiger partial charge in [0.05, 0.1) is 11.7 Å². The van der Waals surface area contributed by atoms with Crippen LogP contribution in [0, 0.1) is 11.3 Å². The van der Waals surface area contributed by atoms with Crippen molar-refractivity contribution < 1.29 is 4.79 Å². The molecule has 3 heterocycles. The molecule has 2 aromatic heterocycles. The minimum atomic E-state index is -0.0440. The third-order valence-electron chi connectivity index (χ3n) is 5.33. The average Bonchev–Trinajstić information content (AvgIpc) is 3.08. The van der Waals surface area contributed by atoms with E-state index in [1.54, 1.807) is 23.7 Å². The Morgan fingerprint density at radius 3 is 2.88 bits per heavy atom. The average molecular weight is 342 g/mol. The lowest BCUT2D eigenvalue weighted by atomic mass is 9.91. The van der Waals surface area contributed by atoms with E-state index in [0.717, 1.165) is 48.6 Å². The minimum Gasteiger partial charge on any atom is -0.347 e. The second-order valence-electron chi connectivity index (χ2n) is 6.91. The summed E-state index contributed by atoms with van der Waals surface area (Å²) in [6, 6.07) is 3.86. The molecule has 5 nitrogen and oxygen atoms in total. The van der Waals surface area contributed by atoms with E-state index in [2.05, 4.69) is 20.6 Å². The molecule has 2 atom stereocenters. The highest BCUT2D eigenvalue weighted by Gasteiger charge is 2.57. The van der Waals surface area contributed by atoms with Crippen molar-refractivity contribution in [2.75, 3.05) is 13.1 Å². The van der Waals surface area contributed by atoms with Gasteiger partial charge >= 0.3 is 0 Å². The second-order valence-corrected chi connectivity index (χ2v) is 7.80. The molecule has 2 fully saturated rings. The van der Waals surface area contributed by atoms with Gasteiger partial charge in [-0.2, -0.15) is 0 Å². The van der Waals surface area contributed by atoms with Crippen molar-refractivity contribution in [3.63, 3.8) is 0 Å². The Kier molecular flexibility index (Phi) is 4.10. The van der Waals surface area contributed by atoms with Crippen molar-refractivity contribution in [2.45, 2.75) is 32.2 Å². The number of hydrogen-bond donors (Lipinski definition) is 2. The minimum absolute atomic E-state index is 0.0440. The first-order valence-corrected chi connectivity index (χ1v) is 9.43. The third kappa shape index (κ3) is 2.96. The van der Waals surface area contributed by atoms with E-state index >= 15 is 0 Å². The number of hydrogen-bond acceptors (Lipinski definition) is 5. The molecule has 2 aliphatic rings. The second kappa shape index (κ2) is 6.26. The topological polar surface area (TPSA) is 66.9 Å². The van der Waals surface area contributed by atoms with Crippen LogP contribution in [0.2, 0.25) is 0 Å². The Morgan fingerprint density at radius 1 is 1.38 bits per heavy atom. The molecule has 1 spiro atoms. The molecule has 2 N–H and O–H groups in total. The van der Waals surface area contributed by atoms with E-state index in [4.69, 9.17) is 0 Å². The Balaban J connectivity index is 1.39. The molecule has 1 amide bonds. The number of amides is 1. The zero-order chi connectivity index (χ0) is 16.6. The summed E-state index contributed by atoms with van der Waals surface area (Å²) in [5.41, 5.74) is 2.28. The molecule has 24 heavy (non-hydrogen) atoms. The van der Waals surface area contributed by atoms with E-state index in [1.807, 2.05) is 24.4 Å². The first-order chi connectivity index (χ1) is 11.7. The van der Waals surface area contributed by atoms with E-state index in [0.29, 0.717) is 0 Å². The summed E-state index contributed by atoms with van der Waals surface area (Å²) in [5.74, 6) is 0.395. The van der Waals surface area contributed by atoms with Crippen molar-refractivity contribution in [1.29, 1.82) is 0 Å². The lowest BCUT2D eigenvalue weighted by Crippen LogP contribution is -2.34. The molecular weight excluding hydrogens is 320 g/mol. The first-order valence-electron chi connectivity index (χ1n) is 8.55. The highest BCUT2D eigenvalue weighted by molar-refractivity contribution is 7.10. The lowest BCUT2D eigenvalue weighted by Gasteiger charge is -2.23. The van der Waals surface area contributed by atoms with Crippen LogP contribution in [0.3, 0.4) is 0 Å². The van der Waals surface area contributed by atoms with Gasteiger partial charge in [0.2, 0.25) is 5.91 Å². The number of nitrogens with one attached hydrogen (secondary N) is 2. The van der Waals surface area contributed by atoms with Gasteiger partial charge in [0.25, 0.3) is 0 Å². The summed E-state index contributed by atoms with van der Waals surface area (Å²) in [6.07, 6.45) is 6.84. The molecular formula is C18H22N4OS. The number of rotatable bonds is 4. The van der Waals surface area contributed by atoms with Crippen LogP contribution in [0.5, 0.6) is 0 Å². The molecule has 1 saturated carbocycles. The Bertz CT molecular complexity index is 724. The Labute approximate surface area is 145 Å². The van der Waals surface area contributed by atoms with Crippen LogP contribution in [0.4, 0.5) is 0 Å². The van der Waals surface area contributed by atoms with E-state index in [1.165, 1.54) is 0 Å². The predicted octanol–water partition coefficient (Wildman–Crippen LogP) is 2.77. The molecule has 1 aliphatic heterocycles. The van der Waals surface area contributed by atoms with Crippen molar-refractivity contribution in [3.8, 4) is 11.3 Å². The first kappa shape index (κ1) is 15.7. The van der Waals surface area contributed by atoms with Crippen molar-refractivity contribution in [2.24, 2.45) is 11.3 Å². The van der Waals surface area contributed by atoms with E-state index in [-0.39, 0.29) is 23.3 Å². The van der Waals surface area contributed by atoms with Crippen LogP contribution in [-0.2, 0) is 4.79 Å². The highest BCUT2D eigenvalue weighted by atomic mass is 32.1. The smallest absolute Gasteiger partial charge is 0.224 e. The molecule has 2 aromatic rings. The quantitative estimate of drug-likeness (QED) is 0.897. The predicted molar refractivity (Wildman–Crippen MR) is 94.5 cm³/mol.